The Hall–Kier alpha value is -0.0800. The van der Waals surface area contributed by atoms with Gasteiger partial charge in [0.05, 0.1) is 5.60 Å². The molecule has 1 heterocycles. The third kappa shape index (κ3) is 2.12. The molecule has 0 aromatic heterocycles. The highest BCUT2D eigenvalue weighted by Gasteiger charge is 2.38. The zero-order valence-corrected chi connectivity index (χ0v) is 9.34. The molecule has 0 atom stereocenters. The number of likely N-dealkylation sites (tertiary alicyclic amines) is 1. The van der Waals surface area contributed by atoms with Gasteiger partial charge in [0.2, 0.25) is 0 Å². The highest BCUT2D eigenvalue weighted by molar-refractivity contribution is 4.92. The van der Waals surface area contributed by atoms with Crippen LogP contribution in [0.5, 0.6) is 0 Å². The summed E-state index contributed by atoms with van der Waals surface area (Å²) in [6, 6.07) is 0. The van der Waals surface area contributed by atoms with Gasteiger partial charge in [-0.05, 0) is 38.6 Å². The van der Waals surface area contributed by atoms with Gasteiger partial charge in [0.25, 0.3) is 0 Å². The van der Waals surface area contributed by atoms with Gasteiger partial charge in [-0.25, -0.2) is 0 Å². The van der Waals surface area contributed by atoms with Crippen LogP contribution in [0.1, 0.15) is 44.9 Å². The maximum atomic E-state index is 10.6. The zero-order chi connectivity index (χ0) is 10.0. The lowest BCUT2D eigenvalue weighted by Gasteiger charge is -2.43. The van der Waals surface area contributed by atoms with E-state index in [0.29, 0.717) is 5.92 Å². The Balaban J connectivity index is 1.93. The Morgan fingerprint density at radius 1 is 1.07 bits per heavy atom. The number of hydrogen-bond acceptors (Lipinski definition) is 2. The number of piperidine rings is 1. The molecule has 1 aliphatic carbocycles. The lowest BCUT2D eigenvalue weighted by Crippen LogP contribution is -2.48. The van der Waals surface area contributed by atoms with Crippen molar-refractivity contribution in [2.45, 2.75) is 50.5 Å². The molecule has 1 saturated heterocycles. The summed E-state index contributed by atoms with van der Waals surface area (Å²) in [5.74, 6) is 0.602. The topological polar surface area (TPSA) is 23.5 Å². The molecule has 1 aliphatic heterocycles. The Morgan fingerprint density at radius 2 is 1.64 bits per heavy atom. The van der Waals surface area contributed by atoms with Gasteiger partial charge in [0, 0.05) is 13.1 Å². The van der Waals surface area contributed by atoms with Gasteiger partial charge in [-0.2, -0.15) is 0 Å². The van der Waals surface area contributed by atoms with Crippen LogP contribution in [0, 0.1) is 5.92 Å². The van der Waals surface area contributed by atoms with Gasteiger partial charge in [0.15, 0.2) is 0 Å². The monoisotopic (exact) mass is 197 g/mol. The summed E-state index contributed by atoms with van der Waals surface area (Å²) in [6.07, 6.45) is 8.57. The van der Waals surface area contributed by atoms with E-state index in [2.05, 4.69) is 11.9 Å². The van der Waals surface area contributed by atoms with E-state index in [4.69, 9.17) is 0 Å². The molecule has 0 aromatic rings. The molecule has 0 spiro atoms. The Morgan fingerprint density at radius 3 is 2.21 bits per heavy atom. The fourth-order valence-corrected chi connectivity index (χ4v) is 3.05. The molecule has 2 rings (SSSR count). The number of aliphatic hydroxyl groups is 1. The maximum absolute atomic E-state index is 10.6. The standard InChI is InChI=1S/C12H23NO/c1-13-9-7-12(14,8-10-13)11-5-3-2-4-6-11/h11,14H,2-10H2,1H3. The largest absolute Gasteiger partial charge is 0.390 e. The molecule has 82 valence electrons. The third-order valence-electron chi connectivity index (χ3n) is 4.22. The van der Waals surface area contributed by atoms with Crippen molar-refractivity contribution in [1.82, 2.24) is 4.90 Å². The van der Waals surface area contributed by atoms with Crippen LogP contribution in [0.25, 0.3) is 0 Å². The summed E-state index contributed by atoms with van der Waals surface area (Å²) in [6.45, 7) is 2.15. The van der Waals surface area contributed by atoms with E-state index < -0.39 is 0 Å². The van der Waals surface area contributed by atoms with Crippen molar-refractivity contribution in [3.63, 3.8) is 0 Å². The molecule has 1 saturated carbocycles. The number of rotatable bonds is 1. The summed E-state index contributed by atoms with van der Waals surface area (Å²) in [7, 11) is 2.15. The molecule has 2 fully saturated rings. The van der Waals surface area contributed by atoms with Crippen molar-refractivity contribution in [3.05, 3.63) is 0 Å². The predicted molar refractivity (Wildman–Crippen MR) is 58.3 cm³/mol. The molecule has 2 nitrogen and oxygen atoms in total. The maximum Gasteiger partial charge on any atom is 0.0700 e. The second-order valence-electron chi connectivity index (χ2n) is 5.24. The molecule has 2 heteroatoms. The minimum atomic E-state index is -0.313. The normalized spacial score (nSPS) is 30.4. The van der Waals surface area contributed by atoms with Crippen molar-refractivity contribution in [2.75, 3.05) is 20.1 Å². The lowest BCUT2D eigenvalue weighted by molar-refractivity contribution is -0.0738. The van der Waals surface area contributed by atoms with Crippen LogP contribution < -0.4 is 0 Å². The minimum absolute atomic E-state index is 0.313. The van der Waals surface area contributed by atoms with Gasteiger partial charge >= 0.3 is 0 Å². The van der Waals surface area contributed by atoms with Gasteiger partial charge in [-0.3, -0.25) is 0 Å². The predicted octanol–water partition coefficient (Wildman–Crippen LogP) is 2.02. The molecule has 0 amide bonds. The molecule has 1 N–H and O–H groups in total. The van der Waals surface area contributed by atoms with Crippen molar-refractivity contribution in [2.24, 2.45) is 5.92 Å². The smallest absolute Gasteiger partial charge is 0.0700 e. The van der Waals surface area contributed by atoms with Gasteiger partial charge in [-0.1, -0.05) is 19.3 Å². The molecule has 2 aliphatic rings. The van der Waals surface area contributed by atoms with E-state index in [1.807, 2.05) is 0 Å². The fourth-order valence-electron chi connectivity index (χ4n) is 3.05. The average Bonchev–Trinajstić information content (AvgIpc) is 2.24. The quantitative estimate of drug-likeness (QED) is 0.695. The molecular weight excluding hydrogens is 174 g/mol. The van der Waals surface area contributed by atoms with E-state index >= 15 is 0 Å². The number of hydrogen-bond donors (Lipinski definition) is 1. The lowest BCUT2D eigenvalue weighted by atomic mass is 9.72. The van der Waals surface area contributed by atoms with E-state index in [9.17, 15) is 5.11 Å². The van der Waals surface area contributed by atoms with Crippen LogP contribution >= 0.6 is 0 Å². The average molecular weight is 197 g/mol. The molecule has 0 unspecified atom stereocenters. The highest BCUT2D eigenvalue weighted by atomic mass is 16.3. The molecule has 14 heavy (non-hydrogen) atoms. The molecule has 0 radical (unpaired) electrons. The summed E-state index contributed by atoms with van der Waals surface area (Å²) in [5, 5.41) is 10.6. The van der Waals surface area contributed by atoms with Crippen LogP contribution in [0.2, 0.25) is 0 Å². The molecule has 0 bridgehead atoms. The van der Waals surface area contributed by atoms with Gasteiger partial charge < -0.3 is 10.0 Å². The SMILES string of the molecule is CN1CCC(O)(C2CCCCC2)CC1. The third-order valence-corrected chi connectivity index (χ3v) is 4.22. The van der Waals surface area contributed by atoms with Crippen LogP contribution in [0.4, 0.5) is 0 Å². The summed E-state index contributed by atoms with van der Waals surface area (Å²) >= 11 is 0. The highest BCUT2D eigenvalue weighted by Crippen LogP contribution is 2.38. The second-order valence-corrected chi connectivity index (χ2v) is 5.24. The Labute approximate surface area is 87.3 Å². The first-order valence-corrected chi connectivity index (χ1v) is 6.12. The van der Waals surface area contributed by atoms with Crippen LogP contribution in [-0.2, 0) is 0 Å². The summed E-state index contributed by atoms with van der Waals surface area (Å²) in [5.41, 5.74) is -0.313. The van der Waals surface area contributed by atoms with Crippen molar-refractivity contribution in [1.29, 1.82) is 0 Å². The first-order chi connectivity index (χ1) is 6.71. The molecule has 0 aromatic carbocycles. The van der Waals surface area contributed by atoms with E-state index in [1.165, 1.54) is 32.1 Å². The first-order valence-electron chi connectivity index (χ1n) is 6.12. The summed E-state index contributed by atoms with van der Waals surface area (Å²) < 4.78 is 0. The number of nitrogens with zero attached hydrogens (tertiary/aromatic N) is 1. The van der Waals surface area contributed by atoms with Crippen LogP contribution in [0.3, 0.4) is 0 Å². The van der Waals surface area contributed by atoms with Crippen LogP contribution in [0.15, 0.2) is 0 Å². The van der Waals surface area contributed by atoms with Gasteiger partial charge in [-0.15, -0.1) is 0 Å². The van der Waals surface area contributed by atoms with Crippen molar-refractivity contribution >= 4 is 0 Å². The Bertz CT molecular complexity index is 179. The second kappa shape index (κ2) is 4.19. The van der Waals surface area contributed by atoms with Crippen molar-refractivity contribution < 1.29 is 5.11 Å². The minimum Gasteiger partial charge on any atom is -0.390 e. The van der Waals surface area contributed by atoms with Crippen LogP contribution in [-0.4, -0.2) is 35.7 Å². The van der Waals surface area contributed by atoms with Crippen molar-refractivity contribution in [3.8, 4) is 0 Å². The van der Waals surface area contributed by atoms with E-state index in [-0.39, 0.29) is 5.60 Å². The van der Waals surface area contributed by atoms with E-state index in [1.54, 1.807) is 0 Å². The zero-order valence-electron chi connectivity index (χ0n) is 9.34. The fraction of sp³-hybridized carbons (Fsp3) is 1.00. The van der Waals surface area contributed by atoms with E-state index in [0.717, 1.165) is 25.9 Å². The molecular formula is C12H23NO. The summed E-state index contributed by atoms with van der Waals surface area (Å²) in [4.78, 5) is 2.33. The first kappa shape index (κ1) is 10.4. The van der Waals surface area contributed by atoms with Gasteiger partial charge in [0.1, 0.15) is 0 Å². The Kier molecular flexibility index (Phi) is 3.13.